The molecule has 21 heavy (non-hydrogen) atoms. The van der Waals surface area contributed by atoms with Crippen LogP contribution in [0.5, 0.6) is 5.75 Å². The van der Waals surface area contributed by atoms with Gasteiger partial charge >= 0.3 is 12.8 Å². The number of ether oxygens (including phenoxy) is 1. The van der Waals surface area contributed by atoms with Crippen LogP contribution >= 0.6 is 0 Å². The highest BCUT2D eigenvalue weighted by Crippen LogP contribution is 2.38. The molecule has 1 aliphatic carbocycles. The van der Waals surface area contributed by atoms with E-state index in [-0.39, 0.29) is 24.6 Å². The number of rotatable bonds is 4. The molecule has 0 amide bonds. The van der Waals surface area contributed by atoms with Gasteiger partial charge in [0.2, 0.25) is 0 Å². The lowest BCUT2D eigenvalue weighted by Gasteiger charge is -2.31. The first kappa shape index (κ1) is 15.9. The number of hydrogen-bond donors (Lipinski definition) is 1. The van der Waals surface area contributed by atoms with Crippen LogP contribution in [0.1, 0.15) is 25.7 Å². The lowest BCUT2D eigenvalue weighted by molar-refractivity contribution is -0.182. The van der Waals surface area contributed by atoms with Crippen molar-refractivity contribution in [3.8, 4) is 5.75 Å². The molecule has 0 spiro atoms. The maximum atomic E-state index is 12.7. The number of hydrogen-bond acceptors (Lipinski definition) is 2. The molecule has 1 fully saturated rings. The Bertz CT molecular complexity index is 463. The summed E-state index contributed by atoms with van der Waals surface area (Å²) in [6, 6.07) is 5.56. The Hall–Kier alpha value is -1.53. The van der Waals surface area contributed by atoms with Gasteiger partial charge in [-0.2, -0.15) is 22.0 Å². The summed E-state index contributed by atoms with van der Waals surface area (Å²) < 4.78 is 66.7. The maximum absolute atomic E-state index is 12.7. The van der Waals surface area contributed by atoms with Crippen LogP contribution in [-0.2, 0) is 0 Å². The molecule has 2 unspecified atom stereocenters. The van der Waals surface area contributed by atoms with Crippen LogP contribution in [0.15, 0.2) is 24.3 Å². The predicted octanol–water partition coefficient (Wildman–Crippen LogP) is 4.82. The Morgan fingerprint density at radius 3 is 2.62 bits per heavy atom. The molecule has 0 aromatic heterocycles. The lowest BCUT2D eigenvalue weighted by atomic mass is 9.85. The van der Waals surface area contributed by atoms with Gasteiger partial charge in [-0.15, -0.1) is 0 Å². The fourth-order valence-electron chi connectivity index (χ4n) is 2.62. The molecule has 0 heterocycles. The predicted molar refractivity (Wildman–Crippen MR) is 68.5 cm³/mol. The van der Waals surface area contributed by atoms with Crippen LogP contribution in [0.3, 0.4) is 0 Å². The Balaban J connectivity index is 1.98. The smallest absolute Gasteiger partial charge is 0.391 e. The highest BCUT2D eigenvalue weighted by Gasteiger charge is 2.42. The molecule has 0 bridgehead atoms. The zero-order valence-corrected chi connectivity index (χ0v) is 11.2. The molecule has 2 rings (SSSR count). The third-order valence-corrected chi connectivity index (χ3v) is 3.57. The third-order valence-electron chi connectivity index (χ3n) is 3.57. The van der Waals surface area contributed by atoms with E-state index >= 15 is 0 Å². The first-order chi connectivity index (χ1) is 9.84. The molecule has 7 heteroatoms. The van der Waals surface area contributed by atoms with Crippen LogP contribution in [0.2, 0.25) is 0 Å². The van der Waals surface area contributed by atoms with Crippen molar-refractivity contribution in [1.82, 2.24) is 0 Å². The molecule has 1 aromatic carbocycles. The van der Waals surface area contributed by atoms with E-state index in [1.807, 2.05) is 0 Å². The van der Waals surface area contributed by atoms with Gasteiger partial charge in [0, 0.05) is 17.8 Å². The Labute approximate surface area is 119 Å². The van der Waals surface area contributed by atoms with Crippen molar-refractivity contribution in [2.75, 3.05) is 5.32 Å². The zero-order chi connectivity index (χ0) is 15.5. The second-order valence-corrected chi connectivity index (χ2v) is 5.15. The molecule has 0 radical (unpaired) electrons. The summed E-state index contributed by atoms with van der Waals surface area (Å²) >= 11 is 0. The van der Waals surface area contributed by atoms with Gasteiger partial charge in [-0.05, 0) is 31.4 Å². The standard InChI is InChI=1S/C14H16F5NO/c15-13(16)21-12-6-2-5-11(8-12)20-10-4-1-3-9(7-10)14(17,18)19/h2,5-6,8-10,13,20H,1,3-4,7H2. The molecule has 2 atom stereocenters. The quantitative estimate of drug-likeness (QED) is 0.805. The van der Waals surface area contributed by atoms with Crippen molar-refractivity contribution in [2.24, 2.45) is 5.92 Å². The summed E-state index contributed by atoms with van der Waals surface area (Å²) in [6.45, 7) is -2.93. The minimum atomic E-state index is -4.18. The van der Waals surface area contributed by atoms with Crippen LogP contribution in [-0.4, -0.2) is 18.8 Å². The van der Waals surface area contributed by atoms with Crippen molar-refractivity contribution >= 4 is 5.69 Å². The van der Waals surface area contributed by atoms with Crippen LogP contribution in [0.25, 0.3) is 0 Å². The summed E-state index contributed by atoms with van der Waals surface area (Å²) in [5, 5.41) is 2.97. The van der Waals surface area contributed by atoms with Crippen LogP contribution < -0.4 is 10.1 Å². The Morgan fingerprint density at radius 2 is 1.95 bits per heavy atom. The zero-order valence-electron chi connectivity index (χ0n) is 11.2. The second kappa shape index (κ2) is 6.49. The highest BCUT2D eigenvalue weighted by molar-refractivity contribution is 5.48. The van der Waals surface area contributed by atoms with E-state index in [0.717, 1.165) is 0 Å². The number of nitrogens with one attached hydrogen (secondary N) is 1. The highest BCUT2D eigenvalue weighted by atomic mass is 19.4. The molecule has 2 nitrogen and oxygen atoms in total. The largest absolute Gasteiger partial charge is 0.435 e. The van der Waals surface area contributed by atoms with Gasteiger partial charge in [0.15, 0.2) is 0 Å². The van der Waals surface area contributed by atoms with E-state index in [4.69, 9.17) is 0 Å². The monoisotopic (exact) mass is 309 g/mol. The number of benzene rings is 1. The summed E-state index contributed by atoms with van der Waals surface area (Å²) in [6.07, 6.45) is -2.90. The molecule has 1 N–H and O–H groups in total. The van der Waals surface area contributed by atoms with E-state index in [0.29, 0.717) is 18.5 Å². The maximum Gasteiger partial charge on any atom is 0.391 e. The fraction of sp³-hybridized carbons (Fsp3) is 0.571. The normalized spacial score (nSPS) is 23.1. The van der Waals surface area contributed by atoms with Crippen molar-refractivity contribution < 1.29 is 26.7 Å². The molecule has 118 valence electrons. The molecular weight excluding hydrogens is 293 g/mol. The van der Waals surface area contributed by atoms with Crippen molar-refractivity contribution in [3.63, 3.8) is 0 Å². The van der Waals surface area contributed by atoms with Crippen molar-refractivity contribution in [3.05, 3.63) is 24.3 Å². The topological polar surface area (TPSA) is 21.3 Å². The molecule has 1 saturated carbocycles. The van der Waals surface area contributed by atoms with Gasteiger partial charge in [-0.1, -0.05) is 12.5 Å². The molecule has 1 aromatic rings. The summed E-state index contributed by atoms with van der Waals surface area (Å²) in [7, 11) is 0. The van der Waals surface area contributed by atoms with Gasteiger partial charge in [0.25, 0.3) is 0 Å². The van der Waals surface area contributed by atoms with E-state index < -0.39 is 18.7 Å². The minimum absolute atomic E-state index is 0.00340. The second-order valence-electron chi connectivity index (χ2n) is 5.15. The molecule has 1 aliphatic rings. The average molecular weight is 309 g/mol. The SMILES string of the molecule is FC(F)Oc1cccc(NC2CCCC(C(F)(F)F)C2)c1. The van der Waals surface area contributed by atoms with E-state index in [1.54, 1.807) is 6.07 Å². The van der Waals surface area contributed by atoms with Crippen molar-refractivity contribution in [2.45, 2.75) is 44.5 Å². The van der Waals surface area contributed by atoms with E-state index in [9.17, 15) is 22.0 Å². The number of alkyl halides is 5. The van der Waals surface area contributed by atoms with Crippen LogP contribution in [0, 0.1) is 5.92 Å². The van der Waals surface area contributed by atoms with Gasteiger partial charge in [-0.25, -0.2) is 0 Å². The van der Waals surface area contributed by atoms with Crippen LogP contribution in [0.4, 0.5) is 27.6 Å². The van der Waals surface area contributed by atoms with Gasteiger partial charge in [0.1, 0.15) is 5.75 Å². The van der Waals surface area contributed by atoms with Gasteiger partial charge < -0.3 is 10.1 Å². The van der Waals surface area contributed by atoms with Gasteiger partial charge in [0.05, 0.1) is 5.92 Å². The number of halogens is 5. The summed E-state index contributed by atoms with van der Waals surface area (Å²) in [4.78, 5) is 0. The van der Waals surface area contributed by atoms with E-state index in [1.165, 1.54) is 18.2 Å². The first-order valence-corrected chi connectivity index (χ1v) is 6.72. The minimum Gasteiger partial charge on any atom is -0.435 e. The van der Waals surface area contributed by atoms with Crippen molar-refractivity contribution in [1.29, 1.82) is 0 Å². The Morgan fingerprint density at radius 1 is 1.19 bits per heavy atom. The molecular formula is C14H16F5NO. The van der Waals surface area contributed by atoms with Gasteiger partial charge in [-0.3, -0.25) is 0 Å². The summed E-state index contributed by atoms with van der Waals surface area (Å²) in [5.41, 5.74) is 0.487. The molecule has 0 saturated heterocycles. The first-order valence-electron chi connectivity index (χ1n) is 6.72. The Kier molecular flexibility index (Phi) is 4.90. The molecule has 0 aliphatic heterocycles. The fourth-order valence-corrected chi connectivity index (χ4v) is 2.62. The average Bonchev–Trinajstić information content (AvgIpc) is 2.37. The third kappa shape index (κ3) is 4.75. The lowest BCUT2D eigenvalue weighted by Crippen LogP contribution is -2.34. The van der Waals surface area contributed by atoms with E-state index in [2.05, 4.69) is 10.1 Å². The number of anilines is 1. The summed E-state index contributed by atoms with van der Waals surface area (Å²) in [5.74, 6) is -1.32.